The highest BCUT2D eigenvalue weighted by atomic mass is 32.1. The van der Waals surface area contributed by atoms with E-state index in [1.165, 1.54) is 16.2 Å². The zero-order valence-corrected chi connectivity index (χ0v) is 17.6. The molecule has 0 unspecified atom stereocenters. The Bertz CT molecular complexity index is 1140. The zero-order chi connectivity index (χ0) is 20.5. The predicted molar refractivity (Wildman–Crippen MR) is 122 cm³/mol. The van der Waals surface area contributed by atoms with Crippen LogP contribution in [0.4, 0.5) is 5.00 Å². The lowest BCUT2D eigenvalue weighted by Crippen LogP contribution is -2.34. The topological polar surface area (TPSA) is 84.2 Å². The van der Waals surface area contributed by atoms with Crippen LogP contribution >= 0.6 is 23.6 Å². The van der Waals surface area contributed by atoms with Crippen LogP contribution in [0.5, 0.6) is 0 Å². The van der Waals surface area contributed by atoms with Crippen LogP contribution in [0.15, 0.2) is 42.5 Å². The van der Waals surface area contributed by atoms with Gasteiger partial charge in [0.15, 0.2) is 5.11 Å². The zero-order valence-electron chi connectivity index (χ0n) is 16.0. The molecular formula is C22H21N3O2S2. The maximum absolute atomic E-state index is 12.6. The number of amides is 2. The Balaban J connectivity index is 1.52. The first kappa shape index (κ1) is 19.5. The molecule has 148 valence electrons. The summed E-state index contributed by atoms with van der Waals surface area (Å²) < 4.78 is 0. The van der Waals surface area contributed by atoms with Crippen LogP contribution < -0.4 is 16.4 Å². The molecule has 0 aliphatic heterocycles. The first-order chi connectivity index (χ1) is 13.9. The van der Waals surface area contributed by atoms with E-state index in [9.17, 15) is 9.59 Å². The first-order valence-electron chi connectivity index (χ1n) is 9.48. The molecule has 0 radical (unpaired) electrons. The smallest absolute Gasteiger partial charge is 0.257 e. The molecule has 2 amide bonds. The van der Waals surface area contributed by atoms with Gasteiger partial charge in [0.25, 0.3) is 11.8 Å². The van der Waals surface area contributed by atoms with Crippen LogP contribution in [0.25, 0.3) is 10.8 Å². The molecule has 0 spiro atoms. The van der Waals surface area contributed by atoms with Crippen molar-refractivity contribution in [3.8, 4) is 0 Å². The molecule has 7 heteroatoms. The number of thiocarbonyl (C=S) groups is 1. The monoisotopic (exact) mass is 423 g/mol. The van der Waals surface area contributed by atoms with Crippen LogP contribution in [0, 0.1) is 5.92 Å². The van der Waals surface area contributed by atoms with E-state index in [0.29, 0.717) is 22.0 Å². The van der Waals surface area contributed by atoms with E-state index in [1.807, 2.05) is 36.4 Å². The van der Waals surface area contributed by atoms with Crippen molar-refractivity contribution in [2.75, 3.05) is 5.32 Å². The number of nitrogens with two attached hydrogens (primary N) is 1. The van der Waals surface area contributed by atoms with Crippen molar-refractivity contribution in [1.29, 1.82) is 0 Å². The highest BCUT2D eigenvalue weighted by molar-refractivity contribution is 7.80. The largest absolute Gasteiger partial charge is 0.365 e. The second-order valence-corrected chi connectivity index (χ2v) is 8.90. The highest BCUT2D eigenvalue weighted by Crippen LogP contribution is 2.39. The number of nitrogens with one attached hydrogen (secondary N) is 2. The molecule has 1 aliphatic rings. The minimum atomic E-state index is -0.469. The number of anilines is 1. The van der Waals surface area contributed by atoms with Crippen molar-refractivity contribution < 1.29 is 9.59 Å². The molecule has 5 nitrogen and oxygen atoms in total. The van der Waals surface area contributed by atoms with Gasteiger partial charge < -0.3 is 11.1 Å². The van der Waals surface area contributed by atoms with Gasteiger partial charge in [-0.05, 0) is 65.9 Å². The van der Waals surface area contributed by atoms with Crippen molar-refractivity contribution in [3.05, 3.63) is 64.0 Å². The molecule has 4 N–H and O–H groups in total. The molecule has 1 atom stereocenters. The molecule has 0 saturated carbocycles. The molecular weight excluding hydrogens is 402 g/mol. The number of carbonyl (C=O) groups is 2. The van der Waals surface area contributed by atoms with Gasteiger partial charge in [0.05, 0.1) is 5.56 Å². The molecule has 0 saturated heterocycles. The van der Waals surface area contributed by atoms with E-state index >= 15 is 0 Å². The third-order valence-electron chi connectivity index (χ3n) is 5.22. The number of primary amides is 1. The number of fused-ring (bicyclic) bond motifs is 2. The standard InChI is InChI=1S/C22H21N3O2S2/c1-12-6-9-16-17(10-12)29-21(18(16)19(23)26)25-22(28)24-20(27)15-8-7-13-4-2-3-5-14(13)11-15/h2-5,7-8,11-12H,6,9-10H2,1H3,(H2,23,26)(H2,24,25,27,28)/t12-/m0/s1. The van der Waals surface area contributed by atoms with E-state index in [2.05, 4.69) is 17.6 Å². The average molecular weight is 424 g/mol. The summed E-state index contributed by atoms with van der Waals surface area (Å²) in [5.74, 6) is -0.193. The predicted octanol–water partition coefficient (Wildman–Crippen LogP) is 4.25. The second-order valence-electron chi connectivity index (χ2n) is 7.39. The lowest BCUT2D eigenvalue weighted by Gasteiger charge is -2.18. The van der Waals surface area contributed by atoms with Gasteiger partial charge in [-0.3, -0.25) is 14.9 Å². The van der Waals surface area contributed by atoms with E-state index in [4.69, 9.17) is 18.0 Å². The molecule has 0 bridgehead atoms. The van der Waals surface area contributed by atoms with Crippen molar-refractivity contribution >= 4 is 56.3 Å². The summed E-state index contributed by atoms with van der Waals surface area (Å²) in [7, 11) is 0. The average Bonchev–Trinajstić information content (AvgIpc) is 3.04. The number of hydrogen-bond donors (Lipinski definition) is 3. The summed E-state index contributed by atoms with van der Waals surface area (Å²) in [5.41, 5.74) is 7.67. The van der Waals surface area contributed by atoms with Crippen LogP contribution in [0.2, 0.25) is 0 Å². The Labute approximate surface area is 178 Å². The van der Waals surface area contributed by atoms with Crippen molar-refractivity contribution in [2.45, 2.75) is 26.2 Å². The summed E-state index contributed by atoms with van der Waals surface area (Å²) in [4.78, 5) is 25.8. The lowest BCUT2D eigenvalue weighted by molar-refractivity contribution is 0.0975. The highest BCUT2D eigenvalue weighted by Gasteiger charge is 2.27. The molecule has 0 fully saturated rings. The minimum absolute atomic E-state index is 0.150. The lowest BCUT2D eigenvalue weighted by atomic mass is 9.88. The number of thiophene rings is 1. The van der Waals surface area contributed by atoms with Crippen molar-refractivity contribution in [2.24, 2.45) is 11.7 Å². The Morgan fingerprint density at radius 1 is 1.17 bits per heavy atom. The van der Waals surface area contributed by atoms with Crippen LogP contribution in [0.1, 0.15) is 44.5 Å². The van der Waals surface area contributed by atoms with E-state index in [0.717, 1.165) is 35.6 Å². The Morgan fingerprint density at radius 2 is 1.93 bits per heavy atom. The molecule has 4 rings (SSSR count). The van der Waals surface area contributed by atoms with E-state index in [-0.39, 0.29) is 11.0 Å². The first-order valence-corrected chi connectivity index (χ1v) is 10.7. The fourth-order valence-corrected chi connectivity index (χ4v) is 5.42. The number of benzene rings is 2. The maximum Gasteiger partial charge on any atom is 0.257 e. The normalized spacial score (nSPS) is 15.6. The van der Waals surface area contributed by atoms with Crippen LogP contribution in [0.3, 0.4) is 0 Å². The Kier molecular flexibility index (Phi) is 5.34. The summed E-state index contributed by atoms with van der Waals surface area (Å²) in [5, 5.41) is 8.53. The SMILES string of the molecule is C[C@H]1CCc2c(sc(NC(=S)NC(=O)c3ccc4ccccc4c3)c2C(N)=O)C1. The van der Waals surface area contributed by atoms with Crippen molar-refractivity contribution in [3.63, 3.8) is 0 Å². The summed E-state index contributed by atoms with van der Waals surface area (Å²) in [6.45, 7) is 2.20. The van der Waals surface area contributed by atoms with E-state index in [1.54, 1.807) is 6.07 Å². The Hall–Kier alpha value is -2.77. The fourth-order valence-electron chi connectivity index (χ4n) is 3.74. The van der Waals surface area contributed by atoms with Gasteiger partial charge in [0.2, 0.25) is 0 Å². The van der Waals surface area contributed by atoms with Gasteiger partial charge in [-0.15, -0.1) is 11.3 Å². The number of carbonyl (C=O) groups excluding carboxylic acids is 2. The minimum Gasteiger partial charge on any atom is -0.365 e. The molecule has 1 aliphatic carbocycles. The molecule has 3 aromatic rings. The third kappa shape index (κ3) is 4.02. The summed E-state index contributed by atoms with van der Waals surface area (Å²) in [6, 6.07) is 13.3. The van der Waals surface area contributed by atoms with Gasteiger partial charge in [0.1, 0.15) is 5.00 Å². The maximum atomic E-state index is 12.6. The van der Waals surface area contributed by atoms with Crippen LogP contribution in [-0.2, 0) is 12.8 Å². The molecule has 29 heavy (non-hydrogen) atoms. The second kappa shape index (κ2) is 7.93. The van der Waals surface area contributed by atoms with Gasteiger partial charge in [-0.2, -0.15) is 0 Å². The quantitative estimate of drug-likeness (QED) is 0.550. The number of hydrogen-bond acceptors (Lipinski definition) is 4. The summed E-state index contributed by atoms with van der Waals surface area (Å²) >= 11 is 6.83. The van der Waals surface area contributed by atoms with Gasteiger partial charge >= 0.3 is 0 Å². The molecule has 2 aromatic carbocycles. The van der Waals surface area contributed by atoms with Gasteiger partial charge in [-0.1, -0.05) is 37.3 Å². The van der Waals surface area contributed by atoms with Crippen LogP contribution in [-0.4, -0.2) is 16.9 Å². The van der Waals surface area contributed by atoms with E-state index < -0.39 is 5.91 Å². The molecule has 1 heterocycles. The Morgan fingerprint density at radius 3 is 2.69 bits per heavy atom. The van der Waals surface area contributed by atoms with Gasteiger partial charge in [-0.25, -0.2) is 0 Å². The summed E-state index contributed by atoms with van der Waals surface area (Å²) in [6.07, 6.45) is 2.80. The number of rotatable bonds is 3. The third-order valence-corrected chi connectivity index (χ3v) is 6.60. The van der Waals surface area contributed by atoms with Crippen molar-refractivity contribution in [1.82, 2.24) is 5.32 Å². The van der Waals surface area contributed by atoms with Gasteiger partial charge in [0, 0.05) is 10.4 Å². The fraction of sp³-hybridized carbons (Fsp3) is 0.227. The molecule has 1 aromatic heterocycles.